The molecule has 140 valence electrons. The lowest BCUT2D eigenvalue weighted by molar-refractivity contribution is -0.120. The lowest BCUT2D eigenvalue weighted by Gasteiger charge is -2.31. The highest BCUT2D eigenvalue weighted by Gasteiger charge is 2.37. The Morgan fingerprint density at radius 3 is 2.73 bits per heavy atom. The van der Waals surface area contributed by atoms with E-state index in [0.717, 1.165) is 24.9 Å². The number of halogens is 1. The van der Waals surface area contributed by atoms with Gasteiger partial charge in [-0.3, -0.25) is 9.10 Å². The molecular formula is C18H22ClN3O3S. The number of rotatable bonds is 3. The zero-order valence-corrected chi connectivity index (χ0v) is 16.1. The quantitative estimate of drug-likeness (QED) is 0.831. The van der Waals surface area contributed by atoms with Crippen molar-refractivity contribution in [2.24, 2.45) is 5.92 Å². The molecule has 0 aliphatic carbocycles. The zero-order valence-electron chi connectivity index (χ0n) is 14.4. The molecule has 2 aromatic carbocycles. The van der Waals surface area contributed by atoms with Crippen LogP contribution in [0.4, 0.5) is 5.69 Å². The van der Waals surface area contributed by atoms with Gasteiger partial charge in [-0.05, 0) is 42.9 Å². The van der Waals surface area contributed by atoms with Crippen molar-refractivity contribution in [3.8, 4) is 0 Å². The lowest BCUT2D eigenvalue weighted by Crippen LogP contribution is -2.51. The minimum Gasteiger partial charge on any atom is -0.351 e. The third kappa shape index (κ3) is 3.04. The van der Waals surface area contributed by atoms with Crippen LogP contribution in [0, 0.1) is 5.92 Å². The van der Waals surface area contributed by atoms with Crippen LogP contribution in [0.3, 0.4) is 0 Å². The van der Waals surface area contributed by atoms with Gasteiger partial charge in [0.1, 0.15) is 6.54 Å². The van der Waals surface area contributed by atoms with Gasteiger partial charge in [0, 0.05) is 11.4 Å². The number of nitrogens with one attached hydrogen (secondary N) is 2. The van der Waals surface area contributed by atoms with Gasteiger partial charge in [-0.25, -0.2) is 8.42 Å². The number of piperidine rings is 1. The van der Waals surface area contributed by atoms with Crippen molar-refractivity contribution in [3.63, 3.8) is 0 Å². The third-order valence-electron chi connectivity index (χ3n) is 5.10. The van der Waals surface area contributed by atoms with E-state index >= 15 is 0 Å². The second-order valence-electron chi connectivity index (χ2n) is 6.79. The Balaban J connectivity index is 0.00000196. The first kappa shape index (κ1) is 18.9. The maximum atomic E-state index is 12.9. The van der Waals surface area contributed by atoms with Crippen LogP contribution in [0.2, 0.25) is 0 Å². The summed E-state index contributed by atoms with van der Waals surface area (Å²) < 4.78 is 27.0. The first-order valence-electron chi connectivity index (χ1n) is 8.53. The van der Waals surface area contributed by atoms with Crippen LogP contribution in [0.15, 0.2) is 41.3 Å². The van der Waals surface area contributed by atoms with E-state index in [4.69, 9.17) is 0 Å². The standard InChI is InChI=1S/C18H21N3O3S.ClH/c1-12-10-19-9-8-14(12)20-17(22)11-21-15-6-2-4-13-5-3-7-16(18(13)15)25(21,23)24;/h2-7,12,14,19H,8-11H2,1H3,(H,20,22);1H. The summed E-state index contributed by atoms with van der Waals surface area (Å²) >= 11 is 0. The smallest absolute Gasteiger partial charge is 0.265 e. The number of nitrogens with zero attached hydrogens (tertiary/aromatic N) is 1. The Labute approximate surface area is 159 Å². The second kappa shape index (κ2) is 7.06. The number of benzene rings is 2. The van der Waals surface area contributed by atoms with Gasteiger partial charge in [-0.2, -0.15) is 0 Å². The summed E-state index contributed by atoms with van der Waals surface area (Å²) in [6.45, 7) is 3.62. The van der Waals surface area contributed by atoms with E-state index in [9.17, 15) is 13.2 Å². The molecular weight excluding hydrogens is 374 g/mol. The summed E-state index contributed by atoms with van der Waals surface area (Å²) in [7, 11) is -3.69. The Hall–Kier alpha value is -1.83. The maximum absolute atomic E-state index is 12.9. The van der Waals surface area contributed by atoms with E-state index in [0.29, 0.717) is 17.0 Å². The average Bonchev–Trinajstić information content (AvgIpc) is 2.81. The van der Waals surface area contributed by atoms with Gasteiger partial charge in [-0.15, -0.1) is 12.4 Å². The van der Waals surface area contributed by atoms with Crippen LogP contribution in [-0.4, -0.2) is 40.0 Å². The number of sulfonamides is 1. The van der Waals surface area contributed by atoms with E-state index < -0.39 is 10.0 Å². The Kier molecular flexibility index (Phi) is 5.14. The van der Waals surface area contributed by atoms with Gasteiger partial charge >= 0.3 is 0 Å². The van der Waals surface area contributed by atoms with Crippen molar-refractivity contribution in [1.29, 1.82) is 0 Å². The van der Waals surface area contributed by atoms with Crippen molar-refractivity contribution in [3.05, 3.63) is 36.4 Å². The van der Waals surface area contributed by atoms with Crippen molar-refractivity contribution in [1.82, 2.24) is 10.6 Å². The summed E-state index contributed by atoms with van der Waals surface area (Å²) in [5.74, 6) is 0.0700. The third-order valence-corrected chi connectivity index (χ3v) is 6.90. The van der Waals surface area contributed by atoms with Crippen LogP contribution < -0.4 is 14.9 Å². The molecule has 4 rings (SSSR count). The van der Waals surface area contributed by atoms with Crippen molar-refractivity contribution in [2.75, 3.05) is 23.9 Å². The molecule has 2 atom stereocenters. The SMILES string of the molecule is CC1CNCCC1NC(=O)CN1c2cccc3cccc(c23)S1(=O)=O.Cl. The van der Waals surface area contributed by atoms with Gasteiger partial charge in [-0.1, -0.05) is 31.2 Å². The molecule has 6 nitrogen and oxygen atoms in total. The number of amides is 1. The zero-order chi connectivity index (χ0) is 17.6. The van der Waals surface area contributed by atoms with Crippen molar-refractivity contribution < 1.29 is 13.2 Å². The van der Waals surface area contributed by atoms with Crippen LogP contribution in [0.25, 0.3) is 10.8 Å². The predicted molar refractivity (Wildman–Crippen MR) is 104 cm³/mol. The second-order valence-corrected chi connectivity index (χ2v) is 8.62. The number of carbonyl (C=O) groups is 1. The van der Waals surface area contributed by atoms with Crippen LogP contribution in [0.1, 0.15) is 13.3 Å². The summed E-state index contributed by atoms with van der Waals surface area (Å²) in [4.78, 5) is 12.8. The lowest BCUT2D eigenvalue weighted by atomic mass is 9.95. The summed E-state index contributed by atoms with van der Waals surface area (Å²) in [6.07, 6.45) is 0.857. The van der Waals surface area contributed by atoms with Crippen LogP contribution >= 0.6 is 12.4 Å². The molecule has 2 heterocycles. The molecule has 2 aliphatic heterocycles. The highest BCUT2D eigenvalue weighted by molar-refractivity contribution is 7.93. The molecule has 1 saturated heterocycles. The fourth-order valence-electron chi connectivity index (χ4n) is 3.74. The maximum Gasteiger partial charge on any atom is 0.265 e. The molecule has 0 bridgehead atoms. The van der Waals surface area contributed by atoms with Gasteiger partial charge < -0.3 is 10.6 Å². The Morgan fingerprint density at radius 1 is 1.27 bits per heavy atom. The summed E-state index contributed by atoms with van der Waals surface area (Å²) in [5.41, 5.74) is 0.585. The molecule has 2 N–H and O–H groups in total. The van der Waals surface area contributed by atoms with Gasteiger partial charge in [0.25, 0.3) is 10.0 Å². The van der Waals surface area contributed by atoms with Crippen molar-refractivity contribution in [2.45, 2.75) is 24.3 Å². The molecule has 0 spiro atoms. The molecule has 1 fully saturated rings. The van der Waals surface area contributed by atoms with Gasteiger partial charge in [0.15, 0.2) is 0 Å². The first-order valence-corrected chi connectivity index (χ1v) is 9.97. The van der Waals surface area contributed by atoms with Crippen LogP contribution in [0.5, 0.6) is 0 Å². The fraction of sp³-hybridized carbons (Fsp3) is 0.389. The van der Waals surface area contributed by atoms with E-state index in [1.54, 1.807) is 18.2 Å². The van der Waals surface area contributed by atoms with Crippen molar-refractivity contribution >= 4 is 44.8 Å². The van der Waals surface area contributed by atoms with E-state index in [1.807, 2.05) is 18.2 Å². The van der Waals surface area contributed by atoms with E-state index in [1.165, 1.54) is 4.31 Å². The number of hydrogen-bond donors (Lipinski definition) is 2. The topological polar surface area (TPSA) is 78.5 Å². The monoisotopic (exact) mass is 395 g/mol. The minimum atomic E-state index is -3.69. The number of anilines is 1. The average molecular weight is 396 g/mol. The Bertz CT molecular complexity index is 943. The predicted octanol–water partition coefficient (Wildman–Crippen LogP) is 1.88. The molecule has 2 aromatic rings. The molecule has 1 amide bonds. The van der Waals surface area contributed by atoms with Gasteiger partial charge in [0.2, 0.25) is 5.91 Å². The largest absolute Gasteiger partial charge is 0.351 e. The molecule has 0 saturated carbocycles. The molecule has 26 heavy (non-hydrogen) atoms. The van der Waals surface area contributed by atoms with E-state index in [2.05, 4.69) is 17.6 Å². The molecule has 8 heteroatoms. The molecule has 2 unspecified atom stereocenters. The van der Waals surface area contributed by atoms with Gasteiger partial charge in [0.05, 0.1) is 10.6 Å². The molecule has 0 radical (unpaired) electrons. The first-order chi connectivity index (χ1) is 12.0. The summed E-state index contributed by atoms with van der Waals surface area (Å²) in [5, 5.41) is 7.87. The highest BCUT2D eigenvalue weighted by Crippen LogP contribution is 2.41. The number of hydrogen-bond acceptors (Lipinski definition) is 4. The minimum absolute atomic E-state index is 0. The Morgan fingerprint density at radius 2 is 2.00 bits per heavy atom. The van der Waals surface area contributed by atoms with Crippen LogP contribution in [-0.2, 0) is 14.8 Å². The summed E-state index contributed by atoms with van der Waals surface area (Å²) in [6, 6.07) is 10.8. The fourth-order valence-corrected chi connectivity index (χ4v) is 5.41. The van der Waals surface area contributed by atoms with E-state index in [-0.39, 0.29) is 35.8 Å². The normalized spacial score (nSPS) is 23.5. The number of carbonyl (C=O) groups excluding carboxylic acids is 1. The highest BCUT2D eigenvalue weighted by atomic mass is 35.5. The molecule has 2 aliphatic rings. The molecule has 0 aromatic heterocycles.